The van der Waals surface area contributed by atoms with Gasteiger partial charge in [0.05, 0.1) is 11.3 Å². The molecule has 1 amide bonds. The van der Waals surface area contributed by atoms with Crippen LogP contribution in [0.15, 0.2) is 54.7 Å². The Hall–Kier alpha value is -3.61. The fraction of sp³-hybridized carbons (Fsp3) is 0.261. The Labute approximate surface area is 174 Å². The average molecular weight is 404 g/mol. The van der Waals surface area contributed by atoms with E-state index >= 15 is 0 Å². The van der Waals surface area contributed by atoms with Crippen LogP contribution in [-0.4, -0.2) is 45.0 Å². The van der Waals surface area contributed by atoms with Crippen molar-refractivity contribution < 1.29 is 14.7 Å². The lowest BCUT2D eigenvalue weighted by Crippen LogP contribution is -2.33. The monoisotopic (exact) mass is 404 g/mol. The molecule has 4 rings (SSSR count). The summed E-state index contributed by atoms with van der Waals surface area (Å²) in [5.74, 6) is 0.131. The number of hydrogen-bond donors (Lipinski definition) is 2. The molecule has 0 radical (unpaired) electrons. The van der Waals surface area contributed by atoms with Crippen LogP contribution in [0.2, 0.25) is 0 Å². The molecular weight excluding hydrogens is 380 g/mol. The summed E-state index contributed by atoms with van der Waals surface area (Å²) in [4.78, 5) is 30.4. The van der Waals surface area contributed by atoms with Crippen molar-refractivity contribution in [2.75, 3.05) is 19.3 Å². The van der Waals surface area contributed by atoms with Gasteiger partial charge in [0.15, 0.2) is 0 Å². The smallest absolute Gasteiger partial charge is 0.335 e. The first-order valence-corrected chi connectivity index (χ1v) is 9.94. The Balaban J connectivity index is 1.53. The number of likely N-dealkylation sites (N-methyl/N-ethyl adjacent to an activating group) is 1. The summed E-state index contributed by atoms with van der Waals surface area (Å²) < 4.78 is 2.15. The van der Waals surface area contributed by atoms with Gasteiger partial charge in [0.25, 0.3) is 5.91 Å². The highest BCUT2D eigenvalue weighted by molar-refractivity contribution is 5.94. The lowest BCUT2D eigenvalue weighted by Gasteiger charge is -2.27. The molecule has 0 saturated carbocycles. The zero-order valence-electron chi connectivity index (χ0n) is 16.8. The third kappa shape index (κ3) is 3.91. The number of aryl methyl sites for hydroxylation is 1. The van der Waals surface area contributed by atoms with Crippen molar-refractivity contribution in [2.24, 2.45) is 0 Å². The Bertz CT molecular complexity index is 1070. The lowest BCUT2D eigenvalue weighted by molar-refractivity contribution is 0.0696. The number of nitrogens with two attached hydrogens (primary N) is 1. The van der Waals surface area contributed by atoms with Crippen molar-refractivity contribution in [2.45, 2.75) is 25.3 Å². The van der Waals surface area contributed by atoms with E-state index in [1.165, 1.54) is 0 Å². The molecule has 3 aromatic rings. The molecule has 1 aliphatic rings. The summed E-state index contributed by atoms with van der Waals surface area (Å²) in [6, 6.07) is 13.7. The van der Waals surface area contributed by atoms with Crippen LogP contribution in [0.1, 0.15) is 45.3 Å². The maximum Gasteiger partial charge on any atom is 0.335 e. The highest BCUT2D eigenvalue weighted by Crippen LogP contribution is 2.31. The number of anilines is 1. The van der Waals surface area contributed by atoms with Gasteiger partial charge in [0.1, 0.15) is 5.82 Å². The minimum Gasteiger partial charge on any atom is -0.478 e. The van der Waals surface area contributed by atoms with Crippen LogP contribution in [-0.2, 0) is 6.54 Å². The number of carboxylic acids is 1. The Kier molecular flexibility index (Phi) is 5.27. The van der Waals surface area contributed by atoms with Gasteiger partial charge in [-0.1, -0.05) is 12.1 Å². The minimum atomic E-state index is -0.945. The molecule has 0 aliphatic carbocycles. The Morgan fingerprint density at radius 1 is 1.13 bits per heavy atom. The highest BCUT2D eigenvalue weighted by atomic mass is 16.4. The fourth-order valence-corrected chi connectivity index (χ4v) is 3.93. The maximum absolute atomic E-state index is 12.8. The molecule has 2 heterocycles. The predicted octanol–water partition coefficient (Wildman–Crippen LogP) is 3.48. The maximum atomic E-state index is 12.8. The summed E-state index contributed by atoms with van der Waals surface area (Å²) in [5.41, 5.74) is 8.92. The van der Waals surface area contributed by atoms with E-state index in [-0.39, 0.29) is 17.4 Å². The second-order valence-corrected chi connectivity index (χ2v) is 7.71. The number of nitrogens with zero attached hydrogens (tertiary/aromatic N) is 3. The number of fused-ring (bicyclic) bond motifs is 1. The van der Waals surface area contributed by atoms with Crippen molar-refractivity contribution in [3.8, 4) is 11.3 Å². The number of imidazole rings is 1. The molecule has 7 heteroatoms. The highest BCUT2D eigenvalue weighted by Gasteiger charge is 2.26. The molecule has 2 aromatic carbocycles. The second kappa shape index (κ2) is 8.02. The quantitative estimate of drug-likeness (QED) is 0.634. The van der Waals surface area contributed by atoms with Crippen LogP contribution in [0.25, 0.3) is 11.3 Å². The molecule has 1 aromatic heterocycles. The average Bonchev–Trinajstić information content (AvgIpc) is 3.19. The molecule has 1 unspecified atom stereocenters. The predicted molar refractivity (Wildman–Crippen MR) is 114 cm³/mol. The molecule has 3 N–H and O–H groups in total. The standard InChI is InChI=1S/C23H24N4O3/c1-26(22(28)16-8-10-19(24)11-9-16)13-18-3-2-12-27-14-20(25-21(18)27)15-4-6-17(7-5-15)23(29)30/h4-11,14,18H,2-3,12-13,24H2,1H3,(H,29,30). The number of carbonyl (C=O) groups excluding carboxylic acids is 1. The summed E-state index contributed by atoms with van der Waals surface area (Å²) >= 11 is 0. The van der Waals surface area contributed by atoms with E-state index in [9.17, 15) is 9.59 Å². The molecule has 0 bridgehead atoms. The van der Waals surface area contributed by atoms with Crippen LogP contribution < -0.4 is 5.73 Å². The van der Waals surface area contributed by atoms with Crippen molar-refractivity contribution in [3.05, 3.63) is 71.7 Å². The van der Waals surface area contributed by atoms with Gasteiger partial charge in [0, 0.05) is 49.1 Å². The summed E-state index contributed by atoms with van der Waals surface area (Å²) in [5, 5.41) is 9.08. The van der Waals surface area contributed by atoms with Crippen LogP contribution in [0.3, 0.4) is 0 Å². The van der Waals surface area contributed by atoms with Gasteiger partial charge in [-0.25, -0.2) is 9.78 Å². The van der Waals surface area contributed by atoms with Gasteiger partial charge in [-0.15, -0.1) is 0 Å². The van der Waals surface area contributed by atoms with E-state index in [1.54, 1.807) is 53.4 Å². The lowest BCUT2D eigenvalue weighted by atomic mass is 9.98. The van der Waals surface area contributed by atoms with Crippen molar-refractivity contribution in [1.29, 1.82) is 0 Å². The minimum absolute atomic E-state index is 0.0387. The van der Waals surface area contributed by atoms with Gasteiger partial charge in [-0.05, 0) is 49.2 Å². The van der Waals surface area contributed by atoms with Gasteiger partial charge in [0.2, 0.25) is 0 Å². The normalized spacial score (nSPS) is 15.4. The third-order valence-corrected chi connectivity index (χ3v) is 5.55. The first-order chi connectivity index (χ1) is 14.4. The molecular formula is C23H24N4O3. The number of aromatic carboxylic acids is 1. The number of rotatable bonds is 5. The van der Waals surface area contributed by atoms with Crippen LogP contribution in [0, 0.1) is 0 Å². The van der Waals surface area contributed by atoms with Crippen molar-refractivity contribution in [1.82, 2.24) is 14.5 Å². The van der Waals surface area contributed by atoms with Crippen molar-refractivity contribution >= 4 is 17.6 Å². The summed E-state index contributed by atoms with van der Waals surface area (Å²) in [7, 11) is 1.81. The van der Waals surface area contributed by atoms with Crippen molar-refractivity contribution in [3.63, 3.8) is 0 Å². The Morgan fingerprint density at radius 3 is 2.47 bits per heavy atom. The SMILES string of the molecule is CN(CC1CCCn2cc(-c3ccc(C(=O)O)cc3)nc21)C(=O)c1ccc(N)cc1. The van der Waals surface area contributed by atoms with E-state index < -0.39 is 5.97 Å². The second-order valence-electron chi connectivity index (χ2n) is 7.71. The van der Waals surface area contributed by atoms with Crippen LogP contribution in [0.4, 0.5) is 5.69 Å². The fourth-order valence-electron chi connectivity index (χ4n) is 3.93. The zero-order valence-corrected chi connectivity index (χ0v) is 16.8. The largest absolute Gasteiger partial charge is 0.478 e. The number of carboxylic acid groups (broad SMARTS) is 1. The molecule has 0 fully saturated rings. The number of nitrogen functional groups attached to an aromatic ring is 1. The molecule has 1 aliphatic heterocycles. The first-order valence-electron chi connectivity index (χ1n) is 9.94. The van der Waals surface area contributed by atoms with Gasteiger partial charge < -0.3 is 20.3 Å². The molecule has 1 atom stereocenters. The topological polar surface area (TPSA) is 101 Å². The number of benzene rings is 2. The number of aromatic nitrogens is 2. The van der Waals surface area contributed by atoms with Gasteiger partial charge >= 0.3 is 5.97 Å². The Morgan fingerprint density at radius 2 is 1.80 bits per heavy atom. The number of carbonyl (C=O) groups is 2. The van der Waals surface area contributed by atoms with E-state index in [4.69, 9.17) is 15.8 Å². The number of hydrogen-bond acceptors (Lipinski definition) is 4. The summed E-state index contributed by atoms with van der Waals surface area (Å²) in [6.45, 7) is 1.47. The molecule has 30 heavy (non-hydrogen) atoms. The van der Waals surface area contributed by atoms with E-state index in [1.807, 2.05) is 13.2 Å². The molecule has 154 valence electrons. The summed E-state index contributed by atoms with van der Waals surface area (Å²) in [6.07, 6.45) is 4.00. The third-order valence-electron chi connectivity index (χ3n) is 5.55. The van der Waals surface area contributed by atoms with E-state index in [0.29, 0.717) is 17.8 Å². The zero-order chi connectivity index (χ0) is 21.3. The van der Waals surface area contributed by atoms with Gasteiger partial charge in [-0.2, -0.15) is 0 Å². The van der Waals surface area contributed by atoms with E-state index in [0.717, 1.165) is 36.5 Å². The first kappa shape index (κ1) is 19.7. The number of amides is 1. The van der Waals surface area contributed by atoms with Gasteiger partial charge in [-0.3, -0.25) is 4.79 Å². The van der Waals surface area contributed by atoms with E-state index in [2.05, 4.69) is 4.57 Å². The van der Waals surface area contributed by atoms with Crippen LogP contribution in [0.5, 0.6) is 0 Å². The molecule has 7 nitrogen and oxygen atoms in total. The molecule has 0 saturated heterocycles. The van der Waals surface area contributed by atoms with Crippen LogP contribution >= 0.6 is 0 Å². The molecule has 0 spiro atoms.